The monoisotopic (exact) mass is 496 g/mol. The quantitative estimate of drug-likeness (QED) is 0.205. The van der Waals surface area contributed by atoms with Crippen molar-refractivity contribution in [2.75, 3.05) is 11.5 Å². The van der Waals surface area contributed by atoms with Crippen LogP contribution in [0.15, 0.2) is 29.3 Å². The molecule has 1 aromatic rings. The van der Waals surface area contributed by atoms with Crippen LogP contribution in [-0.2, 0) is 16.4 Å². The maximum Gasteiger partial charge on any atom is 0.269 e. The van der Waals surface area contributed by atoms with Crippen molar-refractivity contribution >= 4 is 45.5 Å². The van der Waals surface area contributed by atoms with Crippen molar-refractivity contribution in [2.45, 2.75) is 45.3 Å². The average molecular weight is 496 g/mol. The van der Waals surface area contributed by atoms with Gasteiger partial charge in [0.2, 0.25) is 0 Å². The highest BCUT2D eigenvalue weighted by molar-refractivity contribution is 14.0. The Kier molecular flexibility index (Phi) is 8.74. The first-order chi connectivity index (χ1) is 11.8. The molecule has 0 spiro atoms. The highest BCUT2D eigenvalue weighted by atomic mass is 127. The highest BCUT2D eigenvalue weighted by Gasteiger charge is 2.28. The van der Waals surface area contributed by atoms with Crippen LogP contribution in [-0.4, -0.2) is 42.9 Å². The van der Waals surface area contributed by atoms with Crippen LogP contribution in [0.25, 0.3) is 0 Å². The van der Waals surface area contributed by atoms with Crippen molar-refractivity contribution in [3.05, 3.63) is 39.9 Å². The molecule has 2 atom stereocenters. The smallest absolute Gasteiger partial charge is 0.269 e. The fourth-order valence-corrected chi connectivity index (χ4v) is 4.14. The molecular formula is C16H25IN4O4S. The number of aliphatic imine (C=N–C) groups is 1. The molecule has 0 radical (unpaired) electrons. The van der Waals surface area contributed by atoms with E-state index in [9.17, 15) is 18.5 Å². The normalized spacial score (nSPS) is 20.1. The molecule has 1 aromatic carbocycles. The summed E-state index contributed by atoms with van der Waals surface area (Å²) in [5.41, 5.74) is 0.884. The zero-order valence-corrected chi connectivity index (χ0v) is 18.0. The fraction of sp³-hybridized carbons (Fsp3) is 0.562. The third-order valence-corrected chi connectivity index (χ3v) is 5.90. The second kappa shape index (κ2) is 10.0. The molecule has 26 heavy (non-hydrogen) atoms. The van der Waals surface area contributed by atoms with Gasteiger partial charge in [-0.25, -0.2) is 13.4 Å². The lowest BCUT2D eigenvalue weighted by atomic mass is 10.2. The number of non-ortho nitro benzene ring substituents is 1. The molecule has 10 heteroatoms. The van der Waals surface area contributed by atoms with Gasteiger partial charge in [0.05, 0.1) is 23.0 Å². The van der Waals surface area contributed by atoms with Crippen molar-refractivity contribution in [3.63, 3.8) is 0 Å². The van der Waals surface area contributed by atoms with Crippen LogP contribution >= 0.6 is 24.0 Å². The Morgan fingerprint density at radius 1 is 1.38 bits per heavy atom. The summed E-state index contributed by atoms with van der Waals surface area (Å²) in [6.07, 6.45) is 1.47. The molecule has 0 saturated carbocycles. The van der Waals surface area contributed by atoms with Crippen molar-refractivity contribution in [1.82, 2.24) is 10.6 Å². The molecule has 8 nitrogen and oxygen atoms in total. The SMILES string of the molecule is CCC(C)NC(=NCc1ccc([N+](=O)[O-])cc1)NC1CCS(=O)(=O)C1.I. The van der Waals surface area contributed by atoms with E-state index in [2.05, 4.69) is 15.6 Å². The van der Waals surface area contributed by atoms with E-state index in [-0.39, 0.29) is 53.3 Å². The Balaban J connectivity index is 0.00000338. The van der Waals surface area contributed by atoms with Gasteiger partial charge in [0.25, 0.3) is 5.69 Å². The van der Waals surface area contributed by atoms with E-state index < -0.39 is 14.8 Å². The first kappa shape index (κ1) is 22.6. The summed E-state index contributed by atoms with van der Waals surface area (Å²) in [6, 6.07) is 6.29. The largest absolute Gasteiger partial charge is 0.354 e. The molecule has 1 fully saturated rings. The van der Waals surface area contributed by atoms with E-state index >= 15 is 0 Å². The molecule has 1 aliphatic heterocycles. The number of nitro benzene ring substituents is 1. The number of hydrogen-bond donors (Lipinski definition) is 2. The molecule has 1 heterocycles. The Labute approximate surface area is 170 Å². The van der Waals surface area contributed by atoms with Gasteiger partial charge in [-0.05, 0) is 25.3 Å². The lowest BCUT2D eigenvalue weighted by Crippen LogP contribution is -2.47. The minimum atomic E-state index is -2.96. The van der Waals surface area contributed by atoms with E-state index in [1.807, 2.05) is 13.8 Å². The third-order valence-electron chi connectivity index (χ3n) is 4.14. The van der Waals surface area contributed by atoms with Gasteiger partial charge in [0.1, 0.15) is 0 Å². The average Bonchev–Trinajstić information content (AvgIpc) is 2.91. The van der Waals surface area contributed by atoms with Gasteiger partial charge in [-0.2, -0.15) is 0 Å². The number of hydrogen-bond acceptors (Lipinski definition) is 5. The van der Waals surface area contributed by atoms with Crippen LogP contribution in [0, 0.1) is 10.1 Å². The number of nitrogens with one attached hydrogen (secondary N) is 2. The number of sulfone groups is 1. The van der Waals surface area contributed by atoms with Gasteiger partial charge >= 0.3 is 0 Å². The van der Waals surface area contributed by atoms with E-state index in [4.69, 9.17) is 0 Å². The van der Waals surface area contributed by atoms with Gasteiger partial charge in [0, 0.05) is 24.2 Å². The van der Waals surface area contributed by atoms with Gasteiger partial charge in [-0.15, -0.1) is 24.0 Å². The van der Waals surface area contributed by atoms with Gasteiger partial charge in [-0.1, -0.05) is 19.1 Å². The molecule has 1 aliphatic rings. The maximum absolute atomic E-state index is 11.6. The molecule has 0 aromatic heterocycles. The number of rotatable bonds is 6. The predicted molar refractivity (Wildman–Crippen MR) is 113 cm³/mol. The molecule has 1 saturated heterocycles. The summed E-state index contributed by atoms with van der Waals surface area (Å²) in [7, 11) is -2.96. The topological polar surface area (TPSA) is 114 Å². The lowest BCUT2D eigenvalue weighted by molar-refractivity contribution is -0.384. The number of nitro groups is 1. The Morgan fingerprint density at radius 2 is 2.04 bits per heavy atom. The fourth-order valence-electron chi connectivity index (χ4n) is 2.46. The lowest BCUT2D eigenvalue weighted by Gasteiger charge is -2.20. The molecule has 146 valence electrons. The maximum atomic E-state index is 11.6. The van der Waals surface area contributed by atoms with E-state index in [0.717, 1.165) is 12.0 Å². The third kappa shape index (κ3) is 7.06. The van der Waals surface area contributed by atoms with Crippen LogP contribution in [0.5, 0.6) is 0 Å². The van der Waals surface area contributed by atoms with Crippen LogP contribution < -0.4 is 10.6 Å². The predicted octanol–water partition coefficient (Wildman–Crippen LogP) is 2.23. The zero-order valence-electron chi connectivity index (χ0n) is 14.8. The van der Waals surface area contributed by atoms with Gasteiger partial charge in [0.15, 0.2) is 15.8 Å². The van der Waals surface area contributed by atoms with E-state index in [1.165, 1.54) is 12.1 Å². The molecule has 2 N–H and O–H groups in total. The van der Waals surface area contributed by atoms with Crippen molar-refractivity contribution < 1.29 is 13.3 Å². The number of guanidine groups is 1. The van der Waals surface area contributed by atoms with Crippen LogP contribution in [0.2, 0.25) is 0 Å². The minimum absolute atomic E-state index is 0. The summed E-state index contributed by atoms with van der Waals surface area (Å²) < 4.78 is 23.2. The Bertz CT molecular complexity index is 737. The van der Waals surface area contributed by atoms with Gasteiger partial charge < -0.3 is 10.6 Å². The van der Waals surface area contributed by atoms with Crippen molar-refractivity contribution in [2.24, 2.45) is 4.99 Å². The van der Waals surface area contributed by atoms with Crippen LogP contribution in [0.1, 0.15) is 32.3 Å². The standard InChI is InChI=1S/C16H24N4O4S.HI/c1-3-12(2)18-16(19-14-8-9-25(23,24)11-14)17-10-13-4-6-15(7-5-13)20(21)22;/h4-7,12,14H,3,8-11H2,1-2H3,(H2,17,18,19);1H. The molecule has 2 unspecified atom stereocenters. The summed E-state index contributed by atoms with van der Waals surface area (Å²) in [5.74, 6) is 0.879. The van der Waals surface area contributed by atoms with Crippen LogP contribution in [0.3, 0.4) is 0 Å². The minimum Gasteiger partial charge on any atom is -0.354 e. The first-order valence-electron chi connectivity index (χ1n) is 8.30. The number of halogens is 1. The summed E-state index contributed by atoms with van der Waals surface area (Å²) in [6.45, 7) is 4.42. The summed E-state index contributed by atoms with van der Waals surface area (Å²) in [4.78, 5) is 14.7. The van der Waals surface area contributed by atoms with Gasteiger partial charge in [-0.3, -0.25) is 10.1 Å². The molecular weight excluding hydrogens is 471 g/mol. The zero-order chi connectivity index (χ0) is 18.4. The van der Waals surface area contributed by atoms with E-state index in [0.29, 0.717) is 18.9 Å². The molecule has 2 rings (SSSR count). The van der Waals surface area contributed by atoms with Crippen molar-refractivity contribution in [3.8, 4) is 0 Å². The molecule has 0 bridgehead atoms. The highest BCUT2D eigenvalue weighted by Crippen LogP contribution is 2.13. The van der Waals surface area contributed by atoms with Crippen molar-refractivity contribution in [1.29, 1.82) is 0 Å². The first-order valence-corrected chi connectivity index (χ1v) is 10.1. The van der Waals surface area contributed by atoms with Crippen LogP contribution in [0.4, 0.5) is 5.69 Å². The second-order valence-electron chi connectivity index (χ2n) is 6.29. The Hall–Kier alpha value is -1.43. The number of nitrogens with zero attached hydrogens (tertiary/aromatic N) is 2. The van der Waals surface area contributed by atoms with E-state index in [1.54, 1.807) is 12.1 Å². The Morgan fingerprint density at radius 3 is 2.54 bits per heavy atom. The summed E-state index contributed by atoms with van der Waals surface area (Å²) in [5, 5.41) is 17.1. The number of benzene rings is 1. The second-order valence-corrected chi connectivity index (χ2v) is 8.52. The summed E-state index contributed by atoms with van der Waals surface area (Å²) >= 11 is 0. The molecule has 0 aliphatic carbocycles. The molecule has 0 amide bonds.